The van der Waals surface area contributed by atoms with Gasteiger partial charge in [-0.3, -0.25) is 10.1 Å². The third-order valence-electron chi connectivity index (χ3n) is 2.25. The van der Waals surface area contributed by atoms with Gasteiger partial charge in [-0.05, 0) is 11.6 Å². The van der Waals surface area contributed by atoms with Crippen molar-refractivity contribution in [1.29, 1.82) is 0 Å². The zero-order chi connectivity index (χ0) is 13.1. The quantitative estimate of drug-likeness (QED) is 0.500. The Morgan fingerprint density at radius 2 is 2.59 bits per heavy atom. The Morgan fingerprint density at radius 3 is 3.24 bits per heavy atom. The second-order valence-electron chi connectivity index (χ2n) is 3.46. The summed E-state index contributed by atoms with van der Waals surface area (Å²) in [6.45, 7) is 0.378. The van der Waals surface area contributed by atoms with Crippen molar-refractivity contribution in [1.82, 2.24) is 15.2 Å². The first kappa shape index (κ1) is 10.3. The van der Waals surface area contributed by atoms with E-state index in [4.69, 9.17) is 13.0 Å². The third-order valence-corrected chi connectivity index (χ3v) is 2.47. The number of hydrogen-bond acceptors (Lipinski definition) is 5. The standard InChI is InChI=1S/C10H11ClN4O2/c11-9-2-1-8(5-13-9)6-14-4-3-12-10(14)7-15(16)17/h1-2,5,7,12H,3-4,6H2/b10-7+/i6T. The molecule has 1 aliphatic heterocycles. The monoisotopic (exact) mass is 256 g/mol. The number of halogens is 1. The molecule has 6 nitrogen and oxygen atoms in total. The van der Waals surface area contributed by atoms with E-state index in [1.165, 1.54) is 6.20 Å². The molecule has 0 aromatic carbocycles. The van der Waals surface area contributed by atoms with E-state index in [2.05, 4.69) is 10.3 Å². The molecule has 1 N–H and O–H groups in total. The van der Waals surface area contributed by atoms with Gasteiger partial charge in [0.25, 0.3) is 6.20 Å². The van der Waals surface area contributed by atoms with Crippen LogP contribution in [-0.4, -0.2) is 27.9 Å². The highest BCUT2D eigenvalue weighted by Crippen LogP contribution is 2.13. The molecule has 0 bridgehead atoms. The number of nitro groups is 1. The molecule has 2 heterocycles. The summed E-state index contributed by atoms with van der Waals surface area (Å²) in [6, 6.07) is 3.29. The van der Waals surface area contributed by atoms with E-state index in [-0.39, 0.29) is 0 Å². The van der Waals surface area contributed by atoms with Crippen molar-refractivity contribution >= 4 is 11.6 Å². The van der Waals surface area contributed by atoms with Gasteiger partial charge in [-0.1, -0.05) is 17.7 Å². The average molecular weight is 257 g/mol. The van der Waals surface area contributed by atoms with Crippen LogP contribution < -0.4 is 5.32 Å². The van der Waals surface area contributed by atoms with Crippen LogP contribution in [0.3, 0.4) is 0 Å². The largest absolute Gasteiger partial charge is 0.365 e. The Balaban J connectivity index is 2.20. The van der Waals surface area contributed by atoms with Gasteiger partial charge in [0, 0.05) is 25.8 Å². The van der Waals surface area contributed by atoms with Crippen molar-refractivity contribution in [2.45, 2.75) is 6.52 Å². The summed E-state index contributed by atoms with van der Waals surface area (Å²) in [6.07, 6.45) is 2.37. The Labute approximate surface area is 104 Å². The number of pyridine rings is 1. The van der Waals surface area contributed by atoms with Crippen molar-refractivity contribution in [3.63, 3.8) is 0 Å². The topological polar surface area (TPSA) is 71.3 Å². The van der Waals surface area contributed by atoms with Crippen molar-refractivity contribution in [2.24, 2.45) is 0 Å². The molecular weight excluding hydrogens is 244 g/mol. The van der Waals surface area contributed by atoms with Crippen LogP contribution in [0, 0.1) is 10.1 Å². The lowest BCUT2D eigenvalue weighted by atomic mass is 10.2. The average Bonchev–Trinajstić information content (AvgIpc) is 2.76. The molecule has 2 rings (SSSR count). The van der Waals surface area contributed by atoms with Crippen LogP contribution in [0.25, 0.3) is 0 Å². The fourth-order valence-electron chi connectivity index (χ4n) is 1.52. The van der Waals surface area contributed by atoms with Crippen molar-refractivity contribution in [3.05, 3.63) is 51.2 Å². The van der Waals surface area contributed by atoms with Gasteiger partial charge < -0.3 is 10.2 Å². The molecule has 1 saturated heterocycles. The molecule has 17 heavy (non-hydrogen) atoms. The fourth-order valence-corrected chi connectivity index (χ4v) is 1.64. The first-order chi connectivity index (χ1) is 8.58. The van der Waals surface area contributed by atoms with Gasteiger partial charge in [0.1, 0.15) is 5.15 Å². The highest BCUT2D eigenvalue weighted by Gasteiger charge is 2.19. The molecule has 90 valence electrons. The van der Waals surface area contributed by atoms with E-state index in [9.17, 15) is 10.1 Å². The van der Waals surface area contributed by atoms with Gasteiger partial charge >= 0.3 is 0 Å². The van der Waals surface area contributed by atoms with Crippen molar-refractivity contribution < 1.29 is 6.29 Å². The summed E-state index contributed by atoms with van der Waals surface area (Å²) in [7, 11) is 0. The minimum absolute atomic E-state index is 0.343. The van der Waals surface area contributed by atoms with Gasteiger partial charge in [-0.15, -0.1) is 0 Å². The zero-order valence-corrected chi connectivity index (χ0v) is 9.59. The van der Waals surface area contributed by atoms with Crippen LogP contribution in [0.1, 0.15) is 6.93 Å². The van der Waals surface area contributed by atoms with E-state index >= 15 is 0 Å². The molecule has 1 unspecified atom stereocenters. The molecule has 0 aliphatic carbocycles. The fraction of sp³-hybridized carbons (Fsp3) is 0.300. The number of nitrogens with zero attached hydrogens (tertiary/aromatic N) is 3. The molecular formula is C10H11ClN4O2. The lowest BCUT2D eigenvalue weighted by molar-refractivity contribution is -0.404. The van der Waals surface area contributed by atoms with Gasteiger partial charge in [0.2, 0.25) is 0 Å². The van der Waals surface area contributed by atoms with Gasteiger partial charge in [-0.25, -0.2) is 4.98 Å². The second kappa shape index (κ2) is 5.01. The molecule has 0 amide bonds. The Kier molecular flexibility index (Phi) is 3.05. The first-order valence-corrected chi connectivity index (χ1v) is 5.35. The number of hydrogen-bond donors (Lipinski definition) is 1. The highest BCUT2D eigenvalue weighted by atomic mass is 35.5. The summed E-state index contributed by atoms with van der Waals surface area (Å²) < 4.78 is 8.09. The van der Waals surface area contributed by atoms with Gasteiger partial charge in [0.05, 0.1) is 6.29 Å². The van der Waals surface area contributed by atoms with Gasteiger partial charge in [0.15, 0.2) is 5.82 Å². The molecule has 1 aromatic heterocycles. The lowest BCUT2D eigenvalue weighted by Crippen LogP contribution is -2.20. The molecule has 0 spiro atoms. The summed E-state index contributed by atoms with van der Waals surface area (Å²) >= 11 is 5.67. The molecule has 0 saturated carbocycles. The van der Waals surface area contributed by atoms with E-state index in [1.54, 1.807) is 17.0 Å². The maximum Gasteiger partial charge on any atom is 0.274 e. The predicted molar refractivity (Wildman–Crippen MR) is 62.7 cm³/mol. The van der Waals surface area contributed by atoms with Crippen molar-refractivity contribution in [2.75, 3.05) is 13.1 Å². The highest BCUT2D eigenvalue weighted by molar-refractivity contribution is 6.29. The molecule has 7 heteroatoms. The second-order valence-corrected chi connectivity index (χ2v) is 3.85. The van der Waals surface area contributed by atoms with E-state index in [1.807, 2.05) is 0 Å². The summed E-state index contributed by atoms with van der Waals surface area (Å²) in [5.74, 6) is 0.343. The Bertz CT molecular complexity index is 479. The number of aromatic nitrogens is 1. The van der Waals surface area contributed by atoms with Gasteiger partial charge in [-0.2, -0.15) is 0 Å². The van der Waals surface area contributed by atoms with E-state index in [0.717, 1.165) is 6.20 Å². The smallest absolute Gasteiger partial charge is 0.274 e. The maximum atomic E-state index is 10.5. The van der Waals surface area contributed by atoms with E-state index in [0.29, 0.717) is 29.6 Å². The normalized spacial score (nSPS) is 19.9. The van der Waals surface area contributed by atoms with Crippen LogP contribution in [0.5, 0.6) is 0 Å². The molecule has 0 radical (unpaired) electrons. The van der Waals surface area contributed by atoms with Crippen LogP contribution in [0.2, 0.25) is 5.15 Å². The molecule has 1 atom stereocenters. The molecule has 1 aliphatic rings. The SMILES string of the molecule is [3H]C(c1ccc(Cl)nc1)N1CCN/C1=C\[N+](=O)[O-]. The minimum atomic E-state index is -0.740. The Morgan fingerprint density at radius 1 is 1.76 bits per heavy atom. The van der Waals surface area contributed by atoms with E-state index < -0.39 is 11.4 Å². The van der Waals surface area contributed by atoms with Crippen LogP contribution in [-0.2, 0) is 6.52 Å². The number of rotatable bonds is 3. The molecule has 1 fully saturated rings. The molecule has 1 aromatic rings. The van der Waals surface area contributed by atoms with Crippen molar-refractivity contribution in [3.8, 4) is 0 Å². The number of nitrogens with one attached hydrogen (secondary N) is 1. The van der Waals surface area contributed by atoms with Crippen LogP contribution >= 0.6 is 11.6 Å². The first-order valence-electron chi connectivity index (χ1n) is 5.55. The summed E-state index contributed by atoms with van der Waals surface area (Å²) in [4.78, 5) is 15.4. The lowest BCUT2D eigenvalue weighted by Gasteiger charge is -2.16. The summed E-state index contributed by atoms with van der Waals surface area (Å²) in [5, 5.41) is 13.7. The predicted octanol–water partition coefficient (Wildman–Crippen LogP) is 1.22. The van der Waals surface area contributed by atoms with Crippen LogP contribution in [0.4, 0.5) is 0 Å². The summed E-state index contributed by atoms with van der Waals surface area (Å²) in [5.41, 5.74) is 0.636. The zero-order valence-electron chi connectivity index (χ0n) is 9.84. The third kappa shape index (κ3) is 3.07. The Hall–Kier alpha value is -1.82. The van der Waals surface area contributed by atoms with Crippen LogP contribution in [0.15, 0.2) is 30.4 Å². The minimum Gasteiger partial charge on any atom is -0.365 e. The maximum absolute atomic E-state index is 10.5.